The molecule has 0 aliphatic carbocycles. The van der Waals surface area contributed by atoms with Crippen LogP contribution in [0.15, 0.2) is 28.7 Å². The molecule has 0 amide bonds. The van der Waals surface area contributed by atoms with Crippen LogP contribution in [0.5, 0.6) is 0 Å². The Balaban J connectivity index is 2.09. The topological polar surface area (TPSA) is 39.4 Å². The van der Waals surface area contributed by atoms with Gasteiger partial charge in [0.1, 0.15) is 17.1 Å². The third-order valence-corrected chi connectivity index (χ3v) is 3.25. The zero-order valence-corrected chi connectivity index (χ0v) is 9.73. The van der Waals surface area contributed by atoms with Crippen LogP contribution in [0.4, 0.5) is 0 Å². The summed E-state index contributed by atoms with van der Waals surface area (Å²) in [5.41, 5.74) is 1.90. The average Bonchev–Trinajstić information content (AvgIpc) is 2.64. The van der Waals surface area contributed by atoms with Crippen molar-refractivity contribution in [1.29, 1.82) is 0 Å². The van der Waals surface area contributed by atoms with Crippen LogP contribution >= 0.6 is 0 Å². The number of Topliss-reactive ketones (excluding diaryl/α,β-unsaturated/α-hetero) is 1. The molecule has 0 saturated carbocycles. The highest BCUT2D eigenvalue weighted by Gasteiger charge is 2.26. The van der Waals surface area contributed by atoms with Crippen molar-refractivity contribution in [1.82, 2.24) is 0 Å². The smallest absolute Gasteiger partial charge is 0.138 e. The fourth-order valence-electron chi connectivity index (χ4n) is 2.46. The monoisotopic (exact) mass is 230 g/mol. The van der Waals surface area contributed by atoms with E-state index in [1.165, 1.54) is 0 Å². The molecule has 2 heterocycles. The van der Waals surface area contributed by atoms with Gasteiger partial charge in [-0.15, -0.1) is 0 Å². The number of ketones is 1. The summed E-state index contributed by atoms with van der Waals surface area (Å²) in [5, 5.41) is 1.06. The Hall–Kier alpha value is -1.61. The Morgan fingerprint density at radius 3 is 2.94 bits per heavy atom. The van der Waals surface area contributed by atoms with Crippen molar-refractivity contribution in [3.05, 3.63) is 35.6 Å². The van der Waals surface area contributed by atoms with E-state index in [0.717, 1.165) is 22.3 Å². The van der Waals surface area contributed by atoms with E-state index in [9.17, 15) is 4.79 Å². The van der Waals surface area contributed by atoms with Gasteiger partial charge in [-0.3, -0.25) is 4.79 Å². The summed E-state index contributed by atoms with van der Waals surface area (Å²) in [7, 11) is 0. The van der Waals surface area contributed by atoms with Crippen LogP contribution in [0.25, 0.3) is 11.0 Å². The van der Waals surface area contributed by atoms with Gasteiger partial charge in [-0.1, -0.05) is 18.2 Å². The fraction of sp³-hybridized carbons (Fsp3) is 0.357. The van der Waals surface area contributed by atoms with E-state index in [2.05, 4.69) is 0 Å². The van der Waals surface area contributed by atoms with E-state index in [1.54, 1.807) is 0 Å². The van der Waals surface area contributed by atoms with E-state index in [0.29, 0.717) is 19.4 Å². The van der Waals surface area contributed by atoms with Crippen molar-refractivity contribution in [2.45, 2.75) is 25.9 Å². The van der Waals surface area contributed by atoms with Crippen molar-refractivity contribution in [2.75, 3.05) is 6.61 Å². The normalized spacial score (nSPS) is 21.0. The molecule has 17 heavy (non-hydrogen) atoms. The van der Waals surface area contributed by atoms with Crippen LogP contribution in [0.3, 0.4) is 0 Å². The molecule has 1 aromatic carbocycles. The van der Waals surface area contributed by atoms with Gasteiger partial charge in [-0.2, -0.15) is 0 Å². The number of carbonyl (C=O) groups is 1. The summed E-state index contributed by atoms with van der Waals surface area (Å²) in [4.78, 5) is 11.5. The second-order valence-electron chi connectivity index (χ2n) is 4.42. The minimum atomic E-state index is -0.139. The van der Waals surface area contributed by atoms with Crippen molar-refractivity contribution in [3.63, 3.8) is 0 Å². The Labute approximate surface area is 99.4 Å². The van der Waals surface area contributed by atoms with Crippen molar-refractivity contribution in [2.24, 2.45) is 0 Å². The fourth-order valence-corrected chi connectivity index (χ4v) is 2.46. The summed E-state index contributed by atoms with van der Waals surface area (Å²) in [6.45, 7) is 2.44. The third-order valence-electron chi connectivity index (χ3n) is 3.25. The molecule has 3 rings (SSSR count). The van der Waals surface area contributed by atoms with Crippen LogP contribution in [0.1, 0.15) is 30.3 Å². The number of hydrogen-bond donors (Lipinski definition) is 0. The molecule has 1 aliphatic rings. The largest absolute Gasteiger partial charge is 0.461 e. The van der Waals surface area contributed by atoms with Crippen molar-refractivity contribution >= 4 is 16.8 Å². The molecular formula is C14H14O3. The van der Waals surface area contributed by atoms with E-state index in [-0.39, 0.29) is 11.9 Å². The molecule has 0 radical (unpaired) electrons. The Bertz CT molecular complexity index is 568. The molecule has 0 spiro atoms. The quantitative estimate of drug-likeness (QED) is 0.755. The molecule has 2 aromatic rings. The summed E-state index contributed by atoms with van der Waals surface area (Å²) < 4.78 is 11.4. The van der Waals surface area contributed by atoms with Crippen LogP contribution in [-0.4, -0.2) is 12.4 Å². The van der Waals surface area contributed by atoms with Crippen LogP contribution < -0.4 is 0 Å². The zero-order chi connectivity index (χ0) is 11.8. The van der Waals surface area contributed by atoms with Gasteiger partial charge in [0, 0.05) is 23.8 Å². The van der Waals surface area contributed by atoms with Gasteiger partial charge in [0.05, 0.1) is 12.7 Å². The number of furan rings is 1. The lowest BCUT2D eigenvalue weighted by atomic mass is 9.98. The predicted octanol–water partition coefficient (Wildman–Crippen LogP) is 3.16. The molecule has 88 valence electrons. The molecule has 3 heteroatoms. The Morgan fingerprint density at radius 2 is 2.12 bits per heavy atom. The van der Waals surface area contributed by atoms with Gasteiger partial charge in [0.2, 0.25) is 0 Å². The minimum absolute atomic E-state index is 0.139. The molecule has 3 nitrogen and oxygen atoms in total. The van der Waals surface area contributed by atoms with Crippen LogP contribution in [0, 0.1) is 6.92 Å². The third kappa shape index (κ3) is 1.76. The number of hydrogen-bond acceptors (Lipinski definition) is 3. The molecule has 0 bridgehead atoms. The lowest BCUT2D eigenvalue weighted by molar-refractivity contribution is -0.128. The predicted molar refractivity (Wildman–Crippen MR) is 63.9 cm³/mol. The lowest BCUT2D eigenvalue weighted by Gasteiger charge is -2.21. The molecular weight excluding hydrogens is 216 g/mol. The molecule has 1 atom stereocenters. The number of ether oxygens (including phenoxy) is 1. The van der Waals surface area contributed by atoms with E-state index < -0.39 is 0 Å². The lowest BCUT2D eigenvalue weighted by Crippen LogP contribution is -2.19. The number of aryl methyl sites for hydroxylation is 1. The number of benzene rings is 1. The first kappa shape index (κ1) is 10.5. The number of carbonyl (C=O) groups excluding carboxylic acids is 1. The summed E-state index contributed by atoms with van der Waals surface area (Å²) in [5.74, 6) is 1.12. The SMILES string of the molecule is Cc1oc2ccccc2c1C1CC(=O)CCO1. The highest BCUT2D eigenvalue weighted by atomic mass is 16.5. The first-order valence-electron chi connectivity index (χ1n) is 5.87. The van der Waals surface area contributed by atoms with Gasteiger partial charge in [0.15, 0.2) is 0 Å². The zero-order valence-electron chi connectivity index (χ0n) is 9.73. The molecule has 1 aromatic heterocycles. The van der Waals surface area contributed by atoms with Gasteiger partial charge in [0.25, 0.3) is 0 Å². The van der Waals surface area contributed by atoms with Crippen molar-refractivity contribution < 1.29 is 13.9 Å². The maximum absolute atomic E-state index is 11.5. The molecule has 1 saturated heterocycles. The standard InChI is InChI=1S/C14H14O3/c1-9-14(13-8-10(15)6-7-16-13)11-4-2-3-5-12(11)17-9/h2-5,13H,6-8H2,1H3. The minimum Gasteiger partial charge on any atom is -0.461 e. The second kappa shape index (κ2) is 4.00. The number of para-hydroxylation sites is 1. The second-order valence-corrected chi connectivity index (χ2v) is 4.42. The Kier molecular flexibility index (Phi) is 2.48. The summed E-state index contributed by atoms with van der Waals surface area (Å²) in [6.07, 6.45) is 0.857. The first-order valence-corrected chi connectivity index (χ1v) is 5.87. The van der Waals surface area contributed by atoms with Crippen molar-refractivity contribution in [3.8, 4) is 0 Å². The van der Waals surface area contributed by atoms with Crippen LogP contribution in [-0.2, 0) is 9.53 Å². The van der Waals surface area contributed by atoms with Gasteiger partial charge in [-0.25, -0.2) is 0 Å². The first-order chi connectivity index (χ1) is 8.25. The molecule has 1 fully saturated rings. The summed E-state index contributed by atoms with van der Waals surface area (Å²) >= 11 is 0. The van der Waals surface area contributed by atoms with E-state index in [4.69, 9.17) is 9.15 Å². The molecule has 0 N–H and O–H groups in total. The highest BCUT2D eigenvalue weighted by molar-refractivity contribution is 5.85. The number of fused-ring (bicyclic) bond motifs is 1. The van der Waals surface area contributed by atoms with Gasteiger partial charge in [-0.05, 0) is 13.0 Å². The van der Waals surface area contributed by atoms with E-state index >= 15 is 0 Å². The highest BCUT2D eigenvalue weighted by Crippen LogP contribution is 2.35. The molecule has 1 unspecified atom stereocenters. The van der Waals surface area contributed by atoms with Gasteiger partial charge < -0.3 is 9.15 Å². The average molecular weight is 230 g/mol. The van der Waals surface area contributed by atoms with Crippen LogP contribution in [0.2, 0.25) is 0 Å². The summed E-state index contributed by atoms with van der Waals surface area (Å²) in [6, 6.07) is 7.88. The molecule has 1 aliphatic heterocycles. The Morgan fingerprint density at radius 1 is 1.29 bits per heavy atom. The maximum Gasteiger partial charge on any atom is 0.138 e. The van der Waals surface area contributed by atoms with Gasteiger partial charge >= 0.3 is 0 Å². The number of rotatable bonds is 1. The van der Waals surface area contributed by atoms with E-state index in [1.807, 2.05) is 31.2 Å². The maximum atomic E-state index is 11.5.